The van der Waals surface area contributed by atoms with Gasteiger partial charge in [-0.2, -0.15) is 0 Å². The maximum Gasteiger partial charge on any atom is 0.249 e. The number of hydrogen-bond acceptors (Lipinski definition) is 5. The zero-order chi connectivity index (χ0) is 20.5. The highest BCUT2D eigenvalue weighted by Gasteiger charge is 2.15. The van der Waals surface area contributed by atoms with Crippen LogP contribution in [0.15, 0.2) is 47.4 Å². The maximum atomic E-state index is 12.1. The van der Waals surface area contributed by atoms with Crippen molar-refractivity contribution in [1.29, 1.82) is 0 Å². The first-order valence-electron chi connectivity index (χ1n) is 9.06. The molecule has 0 heterocycles. The van der Waals surface area contributed by atoms with E-state index in [0.29, 0.717) is 29.5 Å². The van der Waals surface area contributed by atoms with Crippen molar-refractivity contribution in [2.24, 2.45) is 0 Å². The number of ether oxygens (including phenoxy) is 2. The van der Waals surface area contributed by atoms with E-state index in [0.717, 1.165) is 10.5 Å². The Labute approximate surface area is 175 Å². The minimum absolute atomic E-state index is 0.0614. The van der Waals surface area contributed by atoms with Crippen LogP contribution in [0.4, 0.5) is 0 Å². The summed E-state index contributed by atoms with van der Waals surface area (Å²) in [5.41, 5.74) is 1.01. The second-order valence-electron chi connectivity index (χ2n) is 6.47. The lowest BCUT2D eigenvalue weighted by molar-refractivity contribution is -0.128. The summed E-state index contributed by atoms with van der Waals surface area (Å²) in [6.45, 7) is 4.34. The van der Waals surface area contributed by atoms with E-state index < -0.39 is 6.10 Å². The average Bonchev–Trinajstić information content (AvgIpc) is 2.67. The third kappa shape index (κ3) is 7.26. The monoisotopic (exact) mass is 423 g/mol. The molecule has 2 aromatic carbocycles. The topological polar surface area (TPSA) is 67.8 Å². The Bertz CT molecular complexity index is 768. The molecule has 0 unspecified atom stereocenters. The molecule has 0 bridgehead atoms. The summed E-state index contributed by atoms with van der Waals surface area (Å²) in [6, 6.07) is 13.0. The lowest BCUT2D eigenvalue weighted by atomic mass is 10.1. The van der Waals surface area contributed by atoms with E-state index in [9.17, 15) is 9.90 Å². The van der Waals surface area contributed by atoms with E-state index in [1.54, 1.807) is 19.2 Å². The average molecular weight is 424 g/mol. The van der Waals surface area contributed by atoms with Gasteiger partial charge in [-0.25, -0.2) is 0 Å². The van der Waals surface area contributed by atoms with Crippen LogP contribution in [-0.2, 0) is 11.2 Å². The van der Waals surface area contributed by atoms with Crippen molar-refractivity contribution in [3.8, 4) is 11.5 Å². The summed E-state index contributed by atoms with van der Waals surface area (Å²) >= 11 is 7.25. The minimum Gasteiger partial charge on any atom is -0.493 e. The number of rotatable bonds is 10. The van der Waals surface area contributed by atoms with Crippen LogP contribution in [-0.4, -0.2) is 42.6 Å². The number of aliphatic hydroxyl groups is 1. The number of amides is 1. The second-order valence-corrected chi connectivity index (χ2v) is 8.00. The number of hydrogen-bond donors (Lipinski definition) is 2. The summed E-state index contributed by atoms with van der Waals surface area (Å²) < 4.78 is 11.1. The van der Waals surface area contributed by atoms with E-state index in [-0.39, 0.29) is 17.8 Å². The fraction of sp³-hybridized carbons (Fsp3) is 0.381. The van der Waals surface area contributed by atoms with Crippen molar-refractivity contribution >= 4 is 29.3 Å². The molecule has 0 spiro atoms. The van der Waals surface area contributed by atoms with Crippen LogP contribution < -0.4 is 14.8 Å². The summed E-state index contributed by atoms with van der Waals surface area (Å²) in [6.07, 6.45) is -0.385. The zero-order valence-electron chi connectivity index (χ0n) is 16.3. The van der Waals surface area contributed by atoms with E-state index in [2.05, 4.69) is 5.32 Å². The van der Waals surface area contributed by atoms with Crippen LogP contribution in [0, 0.1) is 0 Å². The number of benzene rings is 2. The smallest absolute Gasteiger partial charge is 0.249 e. The van der Waals surface area contributed by atoms with E-state index in [1.807, 2.05) is 44.2 Å². The molecule has 0 aliphatic rings. The fourth-order valence-corrected chi connectivity index (χ4v) is 3.40. The van der Waals surface area contributed by atoms with Crippen LogP contribution in [0.2, 0.25) is 5.02 Å². The number of thioether (sulfide) groups is 1. The van der Waals surface area contributed by atoms with Crippen LogP contribution in [0.1, 0.15) is 19.4 Å². The molecule has 152 valence electrons. The number of halogens is 1. The molecule has 0 saturated heterocycles. The predicted octanol–water partition coefficient (Wildman–Crippen LogP) is 3.95. The molecule has 2 aromatic rings. The molecule has 1 atom stereocenters. The summed E-state index contributed by atoms with van der Waals surface area (Å²) in [5.74, 6) is 1.26. The molecule has 0 saturated carbocycles. The maximum absolute atomic E-state index is 12.1. The summed E-state index contributed by atoms with van der Waals surface area (Å²) in [4.78, 5) is 13.0. The molecule has 0 radical (unpaired) electrons. The number of aliphatic hydroxyl groups excluding tert-OH is 1. The molecule has 28 heavy (non-hydrogen) atoms. The van der Waals surface area contributed by atoms with Crippen molar-refractivity contribution < 1.29 is 19.4 Å². The zero-order valence-corrected chi connectivity index (χ0v) is 17.8. The molecule has 5 nitrogen and oxygen atoms in total. The van der Waals surface area contributed by atoms with E-state index in [4.69, 9.17) is 21.1 Å². The molecule has 2 N–H and O–H groups in total. The van der Waals surface area contributed by atoms with Gasteiger partial charge in [0.05, 0.1) is 13.2 Å². The Morgan fingerprint density at radius 2 is 1.89 bits per heavy atom. The molecule has 0 fully saturated rings. The molecule has 1 amide bonds. The molecule has 0 aliphatic carbocycles. The van der Waals surface area contributed by atoms with E-state index in [1.165, 1.54) is 11.8 Å². The highest BCUT2D eigenvalue weighted by Crippen LogP contribution is 2.29. The van der Waals surface area contributed by atoms with Crippen molar-refractivity contribution in [2.45, 2.75) is 37.4 Å². The fourth-order valence-electron chi connectivity index (χ4n) is 2.45. The third-order valence-corrected chi connectivity index (χ3v) is 5.17. The van der Waals surface area contributed by atoms with Gasteiger partial charge in [0.15, 0.2) is 11.5 Å². The Morgan fingerprint density at radius 3 is 2.54 bits per heavy atom. The van der Waals surface area contributed by atoms with Crippen molar-refractivity contribution in [3.63, 3.8) is 0 Å². The Hall–Kier alpha value is -1.89. The van der Waals surface area contributed by atoms with Crippen LogP contribution in [0.25, 0.3) is 0 Å². The third-order valence-electron chi connectivity index (χ3n) is 3.83. The minimum atomic E-state index is -1.07. The van der Waals surface area contributed by atoms with Gasteiger partial charge < -0.3 is 19.9 Å². The summed E-state index contributed by atoms with van der Waals surface area (Å²) in [5, 5.41) is 13.5. The van der Waals surface area contributed by atoms with Gasteiger partial charge in [0.25, 0.3) is 0 Å². The van der Waals surface area contributed by atoms with Gasteiger partial charge in [0, 0.05) is 22.2 Å². The molecular weight excluding hydrogens is 398 g/mol. The number of carbonyl (C=O) groups is 1. The standard InChI is InChI=1S/C21H26ClNO4S/c1-14(2)27-19-9-4-15(12-20(19)26-3)10-11-23-21(25)18(24)13-28-17-7-5-16(22)6-8-17/h4-9,12,14,18,24H,10-11,13H2,1-3H3,(H,23,25)/t18-/m1/s1. The van der Waals surface area contributed by atoms with Crippen molar-refractivity contribution in [1.82, 2.24) is 5.32 Å². The quantitative estimate of drug-likeness (QED) is 0.566. The second kappa shape index (κ2) is 11.2. The van der Waals surface area contributed by atoms with Crippen molar-refractivity contribution in [2.75, 3.05) is 19.4 Å². The lowest BCUT2D eigenvalue weighted by Crippen LogP contribution is -2.37. The molecule has 0 aliphatic heterocycles. The molecule has 7 heteroatoms. The van der Waals surface area contributed by atoms with Crippen LogP contribution in [0.3, 0.4) is 0 Å². The van der Waals surface area contributed by atoms with Gasteiger partial charge in [0.2, 0.25) is 5.91 Å². The first kappa shape index (κ1) is 22.4. The predicted molar refractivity (Wildman–Crippen MR) is 114 cm³/mol. The lowest BCUT2D eigenvalue weighted by Gasteiger charge is -2.15. The first-order chi connectivity index (χ1) is 13.4. The van der Waals surface area contributed by atoms with Gasteiger partial charge in [0.1, 0.15) is 6.10 Å². The SMILES string of the molecule is COc1cc(CCNC(=O)[C@H](O)CSc2ccc(Cl)cc2)ccc1OC(C)C. The molecular formula is C21H26ClNO4S. The highest BCUT2D eigenvalue weighted by molar-refractivity contribution is 7.99. The van der Waals surface area contributed by atoms with Gasteiger partial charge in [-0.05, 0) is 62.2 Å². The van der Waals surface area contributed by atoms with Crippen LogP contribution >= 0.6 is 23.4 Å². The molecule has 0 aromatic heterocycles. The number of carbonyl (C=O) groups excluding carboxylic acids is 1. The number of nitrogens with one attached hydrogen (secondary N) is 1. The highest BCUT2D eigenvalue weighted by atomic mass is 35.5. The van der Waals surface area contributed by atoms with Crippen molar-refractivity contribution in [3.05, 3.63) is 53.1 Å². The van der Waals surface area contributed by atoms with Gasteiger partial charge in [-0.3, -0.25) is 4.79 Å². The largest absolute Gasteiger partial charge is 0.493 e. The first-order valence-corrected chi connectivity index (χ1v) is 10.4. The Morgan fingerprint density at radius 1 is 1.18 bits per heavy atom. The van der Waals surface area contributed by atoms with Gasteiger partial charge in [-0.15, -0.1) is 11.8 Å². The summed E-state index contributed by atoms with van der Waals surface area (Å²) in [7, 11) is 1.60. The Kier molecular flexibility index (Phi) is 8.96. The van der Waals surface area contributed by atoms with Crippen LogP contribution in [0.5, 0.6) is 11.5 Å². The van der Waals surface area contributed by atoms with E-state index >= 15 is 0 Å². The Balaban J connectivity index is 1.78. The van der Waals surface area contributed by atoms with Gasteiger partial charge >= 0.3 is 0 Å². The number of methoxy groups -OCH3 is 1. The molecule has 2 rings (SSSR count). The van der Waals surface area contributed by atoms with Gasteiger partial charge in [-0.1, -0.05) is 17.7 Å². The normalized spacial score (nSPS) is 11.9.